The lowest BCUT2D eigenvalue weighted by Crippen LogP contribution is -2.27. The Morgan fingerprint density at radius 3 is 1.54 bits per heavy atom. The Hall–Kier alpha value is -3.33. The Bertz CT molecular complexity index is 1520. The molecule has 0 amide bonds. The van der Waals surface area contributed by atoms with E-state index in [1.807, 2.05) is 0 Å². The van der Waals surface area contributed by atoms with Gasteiger partial charge in [-0.3, -0.25) is 4.99 Å². The Labute approximate surface area is 306 Å². The number of aliphatic imine (C=N–C) groups is 1. The number of fused-ring (bicyclic) bond motifs is 2. The summed E-state index contributed by atoms with van der Waals surface area (Å²) < 4.78 is 0. The molecule has 2 aliphatic heterocycles. The lowest BCUT2D eigenvalue weighted by atomic mass is 9.83. The van der Waals surface area contributed by atoms with E-state index in [4.69, 9.17) is 4.99 Å². The molecule has 1 unspecified atom stereocenters. The molecule has 0 aromatic heterocycles. The standard InChI is InChI=1S/C47H67N3/c1-11-13-18-36(12-2)33-48-45-37(25-27-43-46(7,8)39-19-14-16-21-41(39)49(43)31-29-34(3)4)23-24-38(45)26-28-44-47(9,10)40-20-15-17-22-42(40)50(44)32-30-35(5)6/h14-17,19-22,25-28,34-36H,11-13,18,23-24,29-33H2,1-10H3/b37-25+,38-26+,43-27+,44-28+. The highest BCUT2D eigenvalue weighted by molar-refractivity contribution is 6.15. The van der Waals surface area contributed by atoms with Gasteiger partial charge in [0.15, 0.2) is 0 Å². The number of allylic oxidation sites excluding steroid dienone is 8. The predicted molar refractivity (Wildman–Crippen MR) is 220 cm³/mol. The van der Waals surface area contributed by atoms with Gasteiger partial charge < -0.3 is 9.80 Å². The van der Waals surface area contributed by atoms with Gasteiger partial charge >= 0.3 is 0 Å². The molecule has 2 aromatic carbocycles. The molecular formula is C47H67N3. The molecule has 3 nitrogen and oxygen atoms in total. The second-order valence-corrected chi connectivity index (χ2v) is 17.0. The van der Waals surface area contributed by atoms with Gasteiger partial charge in [-0.25, -0.2) is 0 Å². The Kier molecular flexibility index (Phi) is 12.4. The van der Waals surface area contributed by atoms with Crippen LogP contribution in [0.4, 0.5) is 11.4 Å². The molecule has 0 saturated heterocycles. The monoisotopic (exact) mass is 674 g/mol. The van der Waals surface area contributed by atoms with Crippen molar-refractivity contribution in [3.05, 3.63) is 107 Å². The highest BCUT2D eigenvalue weighted by Gasteiger charge is 2.41. The zero-order valence-corrected chi connectivity index (χ0v) is 33.3. The summed E-state index contributed by atoms with van der Waals surface area (Å²) in [5, 5.41) is 0. The van der Waals surface area contributed by atoms with Crippen LogP contribution >= 0.6 is 0 Å². The van der Waals surface area contributed by atoms with E-state index in [2.05, 4.69) is 152 Å². The van der Waals surface area contributed by atoms with E-state index in [9.17, 15) is 0 Å². The highest BCUT2D eigenvalue weighted by Crippen LogP contribution is 2.49. The first-order valence-electron chi connectivity index (χ1n) is 20.0. The lowest BCUT2D eigenvalue weighted by molar-refractivity contribution is 0.463. The minimum Gasteiger partial charge on any atom is -0.344 e. The van der Waals surface area contributed by atoms with Crippen LogP contribution in [0.3, 0.4) is 0 Å². The summed E-state index contributed by atoms with van der Waals surface area (Å²) in [5.41, 5.74) is 12.4. The van der Waals surface area contributed by atoms with Gasteiger partial charge in [-0.1, -0.05) is 137 Å². The molecule has 5 rings (SSSR count). The van der Waals surface area contributed by atoms with E-state index < -0.39 is 0 Å². The first kappa shape index (κ1) is 37.9. The average Bonchev–Trinajstić information content (AvgIpc) is 3.65. The molecule has 3 aliphatic rings. The van der Waals surface area contributed by atoms with Crippen molar-refractivity contribution in [2.24, 2.45) is 22.7 Å². The van der Waals surface area contributed by atoms with Gasteiger partial charge in [-0.2, -0.15) is 0 Å². The number of hydrogen-bond donors (Lipinski definition) is 0. The fraction of sp³-hybridized carbons (Fsp3) is 0.553. The third-order valence-electron chi connectivity index (χ3n) is 11.7. The molecule has 2 heterocycles. The number of anilines is 2. The van der Waals surface area contributed by atoms with Gasteiger partial charge in [0.2, 0.25) is 0 Å². The fourth-order valence-electron chi connectivity index (χ4n) is 8.28. The van der Waals surface area contributed by atoms with E-state index in [0.29, 0.717) is 17.8 Å². The first-order chi connectivity index (χ1) is 23.9. The zero-order valence-electron chi connectivity index (χ0n) is 33.3. The molecule has 0 N–H and O–H groups in total. The number of rotatable bonds is 14. The molecule has 1 fully saturated rings. The van der Waals surface area contributed by atoms with Gasteiger partial charge in [-0.05, 0) is 96.4 Å². The number of hydrogen-bond acceptors (Lipinski definition) is 3. The van der Waals surface area contributed by atoms with Crippen molar-refractivity contribution in [2.45, 2.75) is 131 Å². The number of benzene rings is 2. The maximum atomic E-state index is 5.50. The predicted octanol–water partition coefficient (Wildman–Crippen LogP) is 12.7. The van der Waals surface area contributed by atoms with Crippen molar-refractivity contribution in [1.82, 2.24) is 0 Å². The van der Waals surface area contributed by atoms with Crippen LogP contribution in [-0.2, 0) is 10.8 Å². The van der Waals surface area contributed by atoms with E-state index in [0.717, 1.165) is 32.5 Å². The summed E-state index contributed by atoms with van der Waals surface area (Å²) in [6.45, 7) is 26.6. The molecule has 3 heteroatoms. The van der Waals surface area contributed by atoms with E-state index in [-0.39, 0.29) is 10.8 Å². The third-order valence-corrected chi connectivity index (χ3v) is 11.7. The Morgan fingerprint density at radius 1 is 0.660 bits per heavy atom. The van der Waals surface area contributed by atoms with Crippen molar-refractivity contribution in [1.29, 1.82) is 0 Å². The smallest absolute Gasteiger partial charge is 0.0638 e. The van der Waals surface area contributed by atoms with Crippen molar-refractivity contribution < 1.29 is 0 Å². The largest absolute Gasteiger partial charge is 0.344 e. The number of nitrogens with zero attached hydrogens (tertiary/aromatic N) is 3. The molecular weight excluding hydrogens is 607 g/mol. The Balaban J connectivity index is 1.54. The second-order valence-electron chi connectivity index (χ2n) is 17.0. The van der Waals surface area contributed by atoms with Crippen LogP contribution in [0.5, 0.6) is 0 Å². The van der Waals surface area contributed by atoms with Gasteiger partial charge in [0.05, 0.1) is 5.71 Å². The molecule has 50 heavy (non-hydrogen) atoms. The van der Waals surface area contributed by atoms with Gasteiger partial charge in [0, 0.05) is 53.2 Å². The summed E-state index contributed by atoms with van der Waals surface area (Å²) in [7, 11) is 0. The summed E-state index contributed by atoms with van der Waals surface area (Å²) >= 11 is 0. The summed E-state index contributed by atoms with van der Waals surface area (Å²) in [5.74, 6) is 1.98. The van der Waals surface area contributed by atoms with Crippen LogP contribution in [0.15, 0.2) is 100 Å². The van der Waals surface area contributed by atoms with E-state index in [1.165, 1.54) is 89.3 Å². The number of para-hydroxylation sites is 2. The third kappa shape index (κ3) is 8.08. The molecule has 0 spiro atoms. The molecule has 0 radical (unpaired) electrons. The van der Waals surface area contributed by atoms with Crippen LogP contribution in [0.2, 0.25) is 0 Å². The van der Waals surface area contributed by atoms with Crippen LogP contribution in [0, 0.1) is 17.8 Å². The first-order valence-corrected chi connectivity index (χ1v) is 20.0. The van der Waals surface area contributed by atoms with Gasteiger partial charge in [0.1, 0.15) is 0 Å². The Morgan fingerprint density at radius 2 is 1.12 bits per heavy atom. The van der Waals surface area contributed by atoms with Crippen molar-refractivity contribution in [2.75, 3.05) is 29.4 Å². The summed E-state index contributed by atoms with van der Waals surface area (Å²) in [6, 6.07) is 18.1. The molecule has 1 saturated carbocycles. The van der Waals surface area contributed by atoms with Crippen LogP contribution in [-0.4, -0.2) is 25.3 Å². The maximum Gasteiger partial charge on any atom is 0.0638 e. The normalized spacial score (nSPS) is 21.8. The SMILES string of the molecule is CCCCC(CC)CN=C1/C(=C/C=C2/N(CCC(C)C)c3ccccc3C2(C)C)CC/C1=C\C=C1\N(CCC(C)C)c2ccccc2C1(C)C. The second kappa shape index (κ2) is 16.3. The minimum absolute atomic E-state index is 0.0421. The van der Waals surface area contributed by atoms with Crippen molar-refractivity contribution in [3.63, 3.8) is 0 Å². The van der Waals surface area contributed by atoms with Crippen LogP contribution < -0.4 is 9.80 Å². The maximum absolute atomic E-state index is 5.50. The minimum atomic E-state index is -0.0421. The molecule has 1 atom stereocenters. The fourth-order valence-corrected chi connectivity index (χ4v) is 8.28. The zero-order chi connectivity index (χ0) is 36.1. The van der Waals surface area contributed by atoms with E-state index >= 15 is 0 Å². The molecule has 270 valence electrons. The summed E-state index contributed by atoms with van der Waals surface area (Å²) in [6.07, 6.45) is 19.2. The van der Waals surface area contributed by atoms with Gasteiger partial charge in [-0.15, -0.1) is 0 Å². The molecule has 2 aromatic rings. The number of unbranched alkanes of at least 4 members (excludes halogenated alkanes) is 1. The van der Waals surface area contributed by atoms with Crippen molar-refractivity contribution in [3.8, 4) is 0 Å². The van der Waals surface area contributed by atoms with Gasteiger partial charge in [0.25, 0.3) is 0 Å². The molecule has 1 aliphatic carbocycles. The van der Waals surface area contributed by atoms with Crippen LogP contribution in [0.1, 0.15) is 132 Å². The summed E-state index contributed by atoms with van der Waals surface area (Å²) in [4.78, 5) is 10.7. The van der Waals surface area contributed by atoms with E-state index in [1.54, 1.807) is 0 Å². The average molecular weight is 674 g/mol. The lowest BCUT2D eigenvalue weighted by Gasteiger charge is -2.27. The molecule has 0 bridgehead atoms. The van der Waals surface area contributed by atoms with Crippen LogP contribution in [0.25, 0.3) is 0 Å². The highest BCUT2D eigenvalue weighted by atomic mass is 15.2. The van der Waals surface area contributed by atoms with Crippen molar-refractivity contribution >= 4 is 17.1 Å². The topological polar surface area (TPSA) is 18.8 Å². The quantitative estimate of drug-likeness (QED) is 0.199.